The smallest absolute Gasteiger partial charge is 0.294 e. The molecule has 0 aliphatic carbocycles. The van der Waals surface area contributed by atoms with E-state index in [1.807, 2.05) is 58.0 Å². The van der Waals surface area contributed by atoms with E-state index in [9.17, 15) is 23.2 Å². The molecule has 0 heterocycles. The highest BCUT2D eigenvalue weighted by Gasteiger charge is 2.38. The quantitative estimate of drug-likeness (QED) is 0.499. The zero-order valence-electron chi connectivity index (χ0n) is 17.4. The van der Waals surface area contributed by atoms with Crippen LogP contribution < -0.4 is 0 Å². The van der Waals surface area contributed by atoms with Gasteiger partial charge >= 0.3 is 0 Å². The maximum absolute atomic E-state index is 12.4. The third-order valence-electron chi connectivity index (χ3n) is 5.75. The molecule has 158 valence electrons. The number of aromatic hydroxyl groups is 2. The third kappa shape index (κ3) is 3.93. The van der Waals surface area contributed by atoms with Crippen LogP contribution in [0, 0.1) is 0 Å². The monoisotopic (exact) mass is 426 g/mol. The lowest BCUT2D eigenvalue weighted by Crippen LogP contribution is -2.30. The van der Waals surface area contributed by atoms with E-state index in [0.717, 1.165) is 17.2 Å². The molecule has 3 rings (SSSR count). The van der Waals surface area contributed by atoms with Crippen LogP contribution in [0.4, 0.5) is 0 Å². The van der Waals surface area contributed by atoms with Crippen LogP contribution in [-0.4, -0.2) is 23.2 Å². The van der Waals surface area contributed by atoms with E-state index in [-0.39, 0.29) is 16.4 Å². The Bertz CT molecular complexity index is 1160. The lowest BCUT2D eigenvalue weighted by molar-refractivity contribution is 0.455. The first kappa shape index (κ1) is 21.9. The van der Waals surface area contributed by atoms with Crippen molar-refractivity contribution in [1.82, 2.24) is 0 Å². The summed E-state index contributed by atoms with van der Waals surface area (Å²) < 4.78 is 34.7. The Morgan fingerprint density at radius 1 is 0.700 bits per heavy atom. The van der Waals surface area contributed by atoms with Crippen molar-refractivity contribution in [1.29, 1.82) is 0 Å². The third-order valence-corrected chi connectivity index (χ3v) is 6.63. The van der Waals surface area contributed by atoms with Crippen molar-refractivity contribution in [2.24, 2.45) is 0 Å². The van der Waals surface area contributed by atoms with Gasteiger partial charge in [0.15, 0.2) is 0 Å². The van der Waals surface area contributed by atoms with Gasteiger partial charge in [0, 0.05) is 16.9 Å². The Morgan fingerprint density at radius 3 is 1.77 bits per heavy atom. The van der Waals surface area contributed by atoms with Crippen LogP contribution >= 0.6 is 0 Å². The molecule has 3 aromatic rings. The van der Waals surface area contributed by atoms with Crippen LogP contribution in [-0.2, 0) is 20.9 Å². The van der Waals surface area contributed by atoms with Crippen LogP contribution in [0.2, 0.25) is 0 Å². The van der Waals surface area contributed by atoms with E-state index in [0.29, 0.717) is 11.1 Å². The van der Waals surface area contributed by atoms with Crippen molar-refractivity contribution in [3.05, 3.63) is 89.0 Å². The molecule has 0 bridgehead atoms. The molecule has 0 atom stereocenters. The fraction of sp³-hybridized carbons (Fsp3) is 0.250. The summed E-state index contributed by atoms with van der Waals surface area (Å²) in [7, 11) is -4.63. The topological polar surface area (TPSA) is 94.8 Å². The first-order valence-corrected chi connectivity index (χ1v) is 11.0. The maximum Gasteiger partial charge on any atom is 0.294 e. The number of phenols is 2. The minimum Gasteiger partial charge on any atom is -0.508 e. The average molecular weight is 427 g/mol. The largest absolute Gasteiger partial charge is 0.508 e. The van der Waals surface area contributed by atoms with Gasteiger partial charge in [0.25, 0.3) is 10.1 Å². The first-order valence-electron chi connectivity index (χ1n) is 9.55. The molecule has 0 unspecified atom stereocenters. The Hall–Kier alpha value is -2.83. The summed E-state index contributed by atoms with van der Waals surface area (Å²) in [6.07, 6.45) is 0. The van der Waals surface area contributed by atoms with Gasteiger partial charge in [-0.2, -0.15) is 8.42 Å². The number of phenolic OH excluding ortho intramolecular Hbond substituents is 2. The van der Waals surface area contributed by atoms with Crippen molar-refractivity contribution in [2.45, 2.75) is 43.4 Å². The van der Waals surface area contributed by atoms with Crippen LogP contribution in [0.25, 0.3) is 0 Å². The summed E-state index contributed by atoms with van der Waals surface area (Å²) in [6, 6.07) is 18.7. The van der Waals surface area contributed by atoms with Gasteiger partial charge in [-0.3, -0.25) is 4.55 Å². The molecule has 30 heavy (non-hydrogen) atoms. The molecule has 0 aliphatic rings. The molecule has 0 saturated carbocycles. The van der Waals surface area contributed by atoms with Gasteiger partial charge in [-0.05, 0) is 40.5 Å². The molecule has 0 radical (unpaired) electrons. The van der Waals surface area contributed by atoms with Crippen molar-refractivity contribution < 1.29 is 23.2 Å². The van der Waals surface area contributed by atoms with E-state index in [1.54, 1.807) is 18.2 Å². The van der Waals surface area contributed by atoms with E-state index in [4.69, 9.17) is 0 Å². The van der Waals surface area contributed by atoms with Gasteiger partial charge in [0.2, 0.25) is 0 Å². The molecule has 0 fully saturated rings. The van der Waals surface area contributed by atoms with Crippen LogP contribution in [0.15, 0.2) is 71.6 Å². The summed E-state index contributed by atoms with van der Waals surface area (Å²) in [5, 5.41) is 20.0. The van der Waals surface area contributed by atoms with Crippen LogP contribution in [0.1, 0.15) is 49.9 Å². The highest BCUT2D eigenvalue weighted by molar-refractivity contribution is 7.85. The summed E-state index contributed by atoms with van der Waals surface area (Å²) in [5.74, 6) is -0.146. The predicted molar refractivity (Wildman–Crippen MR) is 117 cm³/mol. The number of hydrogen-bond acceptors (Lipinski definition) is 4. The second kappa shape index (κ2) is 7.45. The summed E-state index contributed by atoms with van der Waals surface area (Å²) >= 11 is 0. The number of rotatable bonds is 5. The second-order valence-electron chi connectivity index (χ2n) is 8.50. The van der Waals surface area contributed by atoms with Crippen LogP contribution in [0.3, 0.4) is 0 Å². The highest BCUT2D eigenvalue weighted by atomic mass is 32.2. The predicted octanol–water partition coefficient (Wildman–Crippen LogP) is 5.00. The van der Waals surface area contributed by atoms with Crippen molar-refractivity contribution in [2.75, 3.05) is 0 Å². The molecule has 3 aromatic carbocycles. The minimum atomic E-state index is -4.63. The lowest BCUT2D eigenvalue weighted by atomic mass is 9.68. The molecule has 0 saturated heterocycles. The molecule has 5 nitrogen and oxygen atoms in total. The van der Waals surface area contributed by atoms with Crippen molar-refractivity contribution in [3.8, 4) is 11.5 Å². The summed E-state index contributed by atoms with van der Waals surface area (Å²) in [6.45, 7) is 7.60. The van der Waals surface area contributed by atoms with Gasteiger partial charge in [0.1, 0.15) is 16.4 Å². The minimum absolute atomic E-state index is 0.0973. The molecular formula is C24H26O5S. The molecule has 0 amide bonds. The fourth-order valence-corrected chi connectivity index (χ4v) is 4.87. The number of benzene rings is 3. The molecular weight excluding hydrogens is 400 g/mol. The maximum atomic E-state index is 12.4. The first-order chi connectivity index (χ1) is 13.8. The summed E-state index contributed by atoms with van der Waals surface area (Å²) in [4.78, 5) is -0.334. The Labute approximate surface area is 177 Å². The van der Waals surface area contributed by atoms with E-state index >= 15 is 0 Å². The van der Waals surface area contributed by atoms with E-state index < -0.39 is 20.9 Å². The Morgan fingerprint density at radius 2 is 1.23 bits per heavy atom. The zero-order valence-corrected chi connectivity index (χ0v) is 18.2. The SMILES string of the molecule is CC(C)(c1ccccc1)c1cc(O)cc(S(=O)(=O)O)c1C(C)(C)c1ccc(O)cc1. The van der Waals surface area contributed by atoms with Gasteiger partial charge in [-0.15, -0.1) is 0 Å². The Kier molecular flexibility index (Phi) is 5.43. The van der Waals surface area contributed by atoms with Crippen LogP contribution in [0.5, 0.6) is 11.5 Å². The number of hydrogen-bond donors (Lipinski definition) is 3. The van der Waals surface area contributed by atoms with E-state index in [2.05, 4.69) is 0 Å². The molecule has 6 heteroatoms. The van der Waals surface area contributed by atoms with E-state index in [1.165, 1.54) is 12.1 Å². The summed E-state index contributed by atoms with van der Waals surface area (Å²) in [5.41, 5.74) is 1.11. The lowest BCUT2D eigenvalue weighted by Gasteiger charge is -2.36. The second-order valence-corrected chi connectivity index (χ2v) is 9.89. The average Bonchev–Trinajstić information content (AvgIpc) is 2.67. The van der Waals surface area contributed by atoms with Gasteiger partial charge < -0.3 is 10.2 Å². The Balaban J connectivity index is 2.42. The van der Waals surface area contributed by atoms with Gasteiger partial charge in [-0.1, -0.05) is 70.2 Å². The van der Waals surface area contributed by atoms with Crippen molar-refractivity contribution in [3.63, 3.8) is 0 Å². The molecule has 0 aliphatic heterocycles. The van der Waals surface area contributed by atoms with Gasteiger partial charge in [-0.25, -0.2) is 0 Å². The molecule has 0 spiro atoms. The zero-order chi connectivity index (χ0) is 22.3. The van der Waals surface area contributed by atoms with Gasteiger partial charge in [0.05, 0.1) is 0 Å². The standard InChI is InChI=1S/C24H26O5S/c1-23(2,16-8-6-5-7-9-16)20-14-19(26)15-21(30(27,28)29)22(20)24(3,4)17-10-12-18(25)13-11-17/h5-15,25-26H,1-4H3,(H,27,28,29). The molecule has 0 aromatic heterocycles. The normalized spacial score (nSPS) is 12.7. The fourth-order valence-electron chi connectivity index (χ4n) is 3.97. The van der Waals surface area contributed by atoms with Crippen molar-refractivity contribution >= 4 is 10.1 Å². The molecule has 3 N–H and O–H groups in total. The highest BCUT2D eigenvalue weighted by Crippen LogP contribution is 2.45.